The lowest BCUT2D eigenvalue weighted by atomic mass is 10.0. The Morgan fingerprint density at radius 1 is 1.46 bits per heavy atom. The lowest BCUT2D eigenvalue weighted by molar-refractivity contribution is 0.186. The van der Waals surface area contributed by atoms with Crippen LogP contribution in [0.25, 0.3) is 0 Å². The summed E-state index contributed by atoms with van der Waals surface area (Å²) in [6.07, 6.45) is 8.99. The Hall–Kier alpha value is -2.44. The summed E-state index contributed by atoms with van der Waals surface area (Å²) in [5.74, 6) is 0.854. The third kappa shape index (κ3) is 4.78. The number of rotatable bonds is 8. The molecule has 0 aliphatic carbocycles. The zero-order chi connectivity index (χ0) is 17.4. The topological polar surface area (TPSA) is 75.9 Å². The van der Waals surface area contributed by atoms with E-state index < -0.39 is 0 Å². The van der Waals surface area contributed by atoms with E-state index in [9.17, 15) is 4.79 Å². The van der Waals surface area contributed by atoms with Crippen molar-refractivity contribution in [2.24, 2.45) is 7.05 Å². The predicted molar refractivity (Wildman–Crippen MR) is 92.4 cm³/mol. The quantitative estimate of drug-likeness (QED) is 0.806. The highest BCUT2D eigenvalue weighted by Gasteiger charge is 2.21. The van der Waals surface area contributed by atoms with E-state index in [0.29, 0.717) is 13.0 Å². The number of nitrogens with one attached hydrogen (secondary N) is 1. The van der Waals surface area contributed by atoms with Crippen molar-refractivity contribution < 1.29 is 4.79 Å². The Labute approximate surface area is 143 Å². The largest absolute Gasteiger partial charge is 0.338 e. The number of carbonyl (C=O) groups excluding carboxylic acids is 1. The smallest absolute Gasteiger partial charge is 0.317 e. The monoisotopic (exact) mass is 330 g/mol. The fraction of sp³-hybridized carbons (Fsp3) is 0.529. The van der Waals surface area contributed by atoms with Crippen LogP contribution in [0.15, 0.2) is 30.9 Å². The van der Waals surface area contributed by atoms with Crippen molar-refractivity contribution in [1.29, 1.82) is 0 Å². The molecule has 0 bridgehead atoms. The maximum Gasteiger partial charge on any atom is 0.317 e. The van der Waals surface area contributed by atoms with Gasteiger partial charge in [-0.25, -0.2) is 4.79 Å². The first-order chi connectivity index (χ1) is 11.6. The third-order valence-corrected chi connectivity index (χ3v) is 4.12. The van der Waals surface area contributed by atoms with Crippen molar-refractivity contribution in [3.8, 4) is 0 Å². The number of hydrogen-bond donors (Lipinski definition) is 1. The predicted octanol–water partition coefficient (Wildman–Crippen LogP) is 2.33. The minimum atomic E-state index is -0.0814. The molecule has 0 aliphatic rings. The minimum absolute atomic E-state index is 0.0356. The lowest BCUT2D eigenvalue weighted by Crippen LogP contribution is -2.40. The fourth-order valence-electron chi connectivity index (χ4n) is 2.64. The van der Waals surface area contributed by atoms with E-state index in [1.807, 2.05) is 37.0 Å². The molecule has 1 atom stereocenters. The molecule has 7 heteroatoms. The number of carbonyl (C=O) groups is 1. The van der Waals surface area contributed by atoms with Crippen LogP contribution in [0.1, 0.15) is 43.6 Å². The molecule has 0 radical (unpaired) electrons. The van der Waals surface area contributed by atoms with Crippen LogP contribution < -0.4 is 5.32 Å². The van der Waals surface area contributed by atoms with Crippen LogP contribution in [-0.4, -0.2) is 44.3 Å². The standard InChI is InChI=1S/C17H26N6O/c1-4-5-8-15(14-7-6-10-18-12-14)23(3)17(24)19-11-9-16-21-20-13-22(16)2/h6-7,10,12-13,15H,4-5,8-9,11H2,1-3H3,(H,19,24)/t15-/m0/s1. The van der Waals surface area contributed by atoms with E-state index in [2.05, 4.69) is 27.4 Å². The molecule has 2 rings (SSSR count). The zero-order valence-corrected chi connectivity index (χ0v) is 14.6. The van der Waals surface area contributed by atoms with Gasteiger partial charge in [-0.2, -0.15) is 0 Å². The number of pyridine rings is 1. The molecular formula is C17H26N6O. The zero-order valence-electron chi connectivity index (χ0n) is 14.6. The first-order valence-corrected chi connectivity index (χ1v) is 8.37. The van der Waals surface area contributed by atoms with Crippen molar-refractivity contribution in [2.75, 3.05) is 13.6 Å². The van der Waals surface area contributed by atoms with Gasteiger partial charge < -0.3 is 14.8 Å². The Kier molecular flexibility index (Phi) is 6.72. The summed E-state index contributed by atoms with van der Waals surface area (Å²) >= 11 is 0. The lowest BCUT2D eigenvalue weighted by Gasteiger charge is -2.28. The van der Waals surface area contributed by atoms with Gasteiger partial charge >= 0.3 is 6.03 Å². The molecule has 0 saturated heterocycles. The Bertz CT molecular complexity index is 627. The number of unbranched alkanes of at least 4 members (excludes halogenated alkanes) is 1. The molecule has 2 aromatic heterocycles. The molecule has 24 heavy (non-hydrogen) atoms. The van der Waals surface area contributed by atoms with Gasteiger partial charge in [0.25, 0.3) is 0 Å². The van der Waals surface area contributed by atoms with Gasteiger partial charge in [-0.3, -0.25) is 4.98 Å². The second-order valence-electron chi connectivity index (χ2n) is 5.90. The average Bonchev–Trinajstić information content (AvgIpc) is 3.01. The number of nitrogens with zero attached hydrogens (tertiary/aromatic N) is 5. The third-order valence-electron chi connectivity index (χ3n) is 4.12. The summed E-state index contributed by atoms with van der Waals surface area (Å²) in [6, 6.07) is 3.89. The summed E-state index contributed by atoms with van der Waals surface area (Å²) < 4.78 is 1.86. The van der Waals surface area contributed by atoms with Crippen LogP contribution >= 0.6 is 0 Å². The second-order valence-corrected chi connectivity index (χ2v) is 5.90. The van der Waals surface area contributed by atoms with Gasteiger partial charge in [0, 0.05) is 39.5 Å². The summed E-state index contributed by atoms with van der Waals surface area (Å²) in [7, 11) is 3.73. The summed E-state index contributed by atoms with van der Waals surface area (Å²) in [5, 5.41) is 10.8. The van der Waals surface area contributed by atoms with Crippen LogP contribution in [0.3, 0.4) is 0 Å². The molecule has 0 spiro atoms. The van der Waals surface area contributed by atoms with Gasteiger partial charge in [-0.15, -0.1) is 10.2 Å². The molecule has 2 aromatic rings. The molecule has 0 aliphatic heterocycles. The van der Waals surface area contributed by atoms with Crippen LogP contribution in [0, 0.1) is 0 Å². The van der Waals surface area contributed by atoms with E-state index in [0.717, 1.165) is 30.7 Å². The van der Waals surface area contributed by atoms with Gasteiger partial charge in [-0.05, 0) is 18.1 Å². The van der Waals surface area contributed by atoms with Gasteiger partial charge in [0.15, 0.2) is 0 Å². The van der Waals surface area contributed by atoms with Crippen molar-refractivity contribution in [2.45, 2.75) is 38.6 Å². The molecule has 2 amide bonds. The second kappa shape index (κ2) is 9.00. The van der Waals surface area contributed by atoms with Gasteiger partial charge in [0.1, 0.15) is 12.2 Å². The highest BCUT2D eigenvalue weighted by Crippen LogP contribution is 2.24. The van der Waals surface area contributed by atoms with Crippen molar-refractivity contribution in [3.05, 3.63) is 42.2 Å². The van der Waals surface area contributed by atoms with E-state index in [1.165, 1.54) is 0 Å². The maximum atomic E-state index is 12.5. The number of hydrogen-bond acceptors (Lipinski definition) is 4. The molecule has 0 unspecified atom stereocenters. The highest BCUT2D eigenvalue weighted by molar-refractivity contribution is 5.74. The van der Waals surface area contributed by atoms with Crippen molar-refractivity contribution in [3.63, 3.8) is 0 Å². The number of urea groups is 1. The van der Waals surface area contributed by atoms with Crippen LogP contribution in [0.2, 0.25) is 0 Å². The summed E-state index contributed by atoms with van der Waals surface area (Å²) in [5.41, 5.74) is 1.07. The molecule has 130 valence electrons. The summed E-state index contributed by atoms with van der Waals surface area (Å²) in [6.45, 7) is 2.69. The molecule has 7 nitrogen and oxygen atoms in total. The fourth-order valence-corrected chi connectivity index (χ4v) is 2.64. The van der Waals surface area contributed by atoms with Crippen LogP contribution in [0.5, 0.6) is 0 Å². The van der Waals surface area contributed by atoms with Gasteiger partial charge in [0.2, 0.25) is 0 Å². The molecule has 2 heterocycles. The van der Waals surface area contributed by atoms with E-state index in [4.69, 9.17) is 0 Å². The number of amides is 2. The Morgan fingerprint density at radius 2 is 2.29 bits per heavy atom. The summed E-state index contributed by atoms with van der Waals surface area (Å²) in [4.78, 5) is 18.4. The van der Waals surface area contributed by atoms with Crippen LogP contribution in [-0.2, 0) is 13.5 Å². The number of aromatic nitrogens is 4. The Balaban J connectivity index is 1.93. The highest BCUT2D eigenvalue weighted by atomic mass is 16.2. The first-order valence-electron chi connectivity index (χ1n) is 8.37. The molecule has 1 N–H and O–H groups in total. The van der Waals surface area contributed by atoms with E-state index in [-0.39, 0.29) is 12.1 Å². The SMILES string of the molecule is CCCC[C@@H](c1cccnc1)N(C)C(=O)NCCc1nncn1C. The van der Waals surface area contributed by atoms with Crippen molar-refractivity contribution in [1.82, 2.24) is 30.0 Å². The first kappa shape index (κ1) is 17.9. The van der Waals surface area contributed by atoms with E-state index in [1.54, 1.807) is 17.4 Å². The molecule has 0 aromatic carbocycles. The maximum absolute atomic E-state index is 12.5. The average molecular weight is 330 g/mol. The molecular weight excluding hydrogens is 304 g/mol. The van der Waals surface area contributed by atoms with Crippen LogP contribution in [0.4, 0.5) is 4.79 Å². The Morgan fingerprint density at radius 3 is 2.92 bits per heavy atom. The van der Waals surface area contributed by atoms with Crippen molar-refractivity contribution >= 4 is 6.03 Å². The molecule has 0 saturated carbocycles. The van der Waals surface area contributed by atoms with Gasteiger partial charge in [-0.1, -0.05) is 25.8 Å². The molecule has 0 fully saturated rings. The van der Waals surface area contributed by atoms with Gasteiger partial charge in [0.05, 0.1) is 6.04 Å². The van der Waals surface area contributed by atoms with E-state index >= 15 is 0 Å². The minimum Gasteiger partial charge on any atom is -0.338 e. The number of aryl methyl sites for hydroxylation is 1. The normalized spacial score (nSPS) is 12.0.